The second-order valence-corrected chi connectivity index (χ2v) is 5.19. The Morgan fingerprint density at radius 1 is 1.22 bits per heavy atom. The molecule has 0 radical (unpaired) electrons. The number of benzene rings is 1. The molecule has 3 N–H and O–H groups in total. The minimum Gasteiger partial charge on any atom is -0.477 e. The topological polar surface area (TPSA) is 81.8 Å². The quantitative estimate of drug-likeness (QED) is 0.339. The molecular formula is C17H20F3IN4O2. The van der Waals surface area contributed by atoms with Crippen molar-refractivity contribution in [3.05, 3.63) is 48.2 Å². The van der Waals surface area contributed by atoms with Crippen LogP contribution in [0.4, 0.5) is 18.9 Å². The molecular weight excluding hydrogens is 476 g/mol. The molecule has 0 spiro atoms. The number of guanidine groups is 1. The van der Waals surface area contributed by atoms with Gasteiger partial charge in [0, 0.05) is 11.8 Å². The van der Waals surface area contributed by atoms with Crippen molar-refractivity contribution in [3.63, 3.8) is 0 Å². The highest BCUT2D eigenvalue weighted by molar-refractivity contribution is 14.0. The van der Waals surface area contributed by atoms with Crippen molar-refractivity contribution in [2.24, 2.45) is 10.7 Å². The van der Waals surface area contributed by atoms with Crippen molar-refractivity contribution in [2.45, 2.75) is 26.3 Å². The predicted molar refractivity (Wildman–Crippen MR) is 108 cm³/mol. The number of hydrogen-bond donors (Lipinski definition) is 2. The van der Waals surface area contributed by atoms with Crippen molar-refractivity contribution in [1.82, 2.24) is 4.98 Å². The normalized spacial score (nSPS) is 11.5. The van der Waals surface area contributed by atoms with E-state index in [0.29, 0.717) is 18.1 Å². The number of nitrogens with one attached hydrogen (secondary N) is 1. The number of para-hydroxylation sites is 2. The van der Waals surface area contributed by atoms with Crippen LogP contribution in [0.15, 0.2) is 47.6 Å². The van der Waals surface area contributed by atoms with Gasteiger partial charge in [0.25, 0.3) is 0 Å². The maximum absolute atomic E-state index is 12.4. The molecule has 0 aliphatic carbocycles. The summed E-state index contributed by atoms with van der Waals surface area (Å²) in [7, 11) is 0. The molecule has 0 fully saturated rings. The Morgan fingerprint density at radius 2 is 1.96 bits per heavy atom. The van der Waals surface area contributed by atoms with Crippen LogP contribution in [0.1, 0.15) is 18.9 Å². The van der Waals surface area contributed by atoms with Crippen LogP contribution in [-0.4, -0.2) is 23.9 Å². The van der Waals surface area contributed by atoms with E-state index in [1.54, 1.807) is 24.4 Å². The van der Waals surface area contributed by atoms with E-state index < -0.39 is 12.1 Å². The molecule has 0 saturated heterocycles. The Labute approximate surface area is 172 Å². The minimum absolute atomic E-state index is 0. The molecule has 0 saturated carbocycles. The van der Waals surface area contributed by atoms with Gasteiger partial charge in [-0.05, 0) is 24.6 Å². The van der Waals surface area contributed by atoms with Crippen LogP contribution in [0.3, 0.4) is 0 Å². The van der Waals surface area contributed by atoms with Crippen LogP contribution in [0, 0.1) is 0 Å². The number of alkyl halides is 3. The molecule has 6 nitrogen and oxygen atoms in total. The molecule has 0 atom stereocenters. The number of rotatable bonds is 7. The van der Waals surface area contributed by atoms with Gasteiger partial charge in [0.2, 0.25) is 5.88 Å². The van der Waals surface area contributed by atoms with E-state index >= 15 is 0 Å². The number of nitrogens with zero attached hydrogens (tertiary/aromatic N) is 2. The fourth-order valence-corrected chi connectivity index (χ4v) is 2.00. The molecule has 0 unspecified atom stereocenters. The Balaban J connectivity index is 0.00000364. The monoisotopic (exact) mass is 496 g/mol. The summed E-state index contributed by atoms with van der Waals surface area (Å²) in [4.78, 5) is 8.26. The summed E-state index contributed by atoms with van der Waals surface area (Å²) >= 11 is 0. The number of aliphatic imine (C=N–C) groups is 1. The summed E-state index contributed by atoms with van der Waals surface area (Å²) < 4.78 is 46.8. The second kappa shape index (κ2) is 10.8. The molecule has 10 heteroatoms. The summed E-state index contributed by atoms with van der Waals surface area (Å²) in [6.45, 7) is 2.65. The van der Waals surface area contributed by atoms with Crippen LogP contribution >= 0.6 is 24.0 Å². The molecule has 27 heavy (non-hydrogen) atoms. The number of hydrogen-bond acceptors (Lipinski definition) is 4. The molecule has 0 aliphatic rings. The van der Waals surface area contributed by atoms with E-state index in [9.17, 15) is 13.2 Å². The third kappa shape index (κ3) is 7.89. The number of pyridine rings is 1. The van der Waals surface area contributed by atoms with Crippen LogP contribution in [-0.2, 0) is 6.54 Å². The van der Waals surface area contributed by atoms with E-state index in [2.05, 4.69) is 20.0 Å². The zero-order chi connectivity index (χ0) is 19.0. The van der Waals surface area contributed by atoms with Crippen LogP contribution in [0.5, 0.6) is 11.6 Å². The van der Waals surface area contributed by atoms with E-state index in [1.165, 1.54) is 18.2 Å². The average molecular weight is 496 g/mol. The van der Waals surface area contributed by atoms with Gasteiger partial charge < -0.3 is 20.5 Å². The van der Waals surface area contributed by atoms with E-state index in [0.717, 1.165) is 6.42 Å². The van der Waals surface area contributed by atoms with Gasteiger partial charge in [0.1, 0.15) is 0 Å². The van der Waals surface area contributed by atoms with E-state index in [1.807, 2.05) is 6.92 Å². The van der Waals surface area contributed by atoms with E-state index in [-0.39, 0.29) is 42.2 Å². The zero-order valence-corrected chi connectivity index (χ0v) is 16.8. The third-order valence-electron chi connectivity index (χ3n) is 3.09. The van der Waals surface area contributed by atoms with Gasteiger partial charge in [0.15, 0.2) is 11.7 Å². The van der Waals surface area contributed by atoms with Crippen LogP contribution in [0.2, 0.25) is 0 Å². The third-order valence-corrected chi connectivity index (χ3v) is 3.09. The highest BCUT2D eigenvalue weighted by Crippen LogP contribution is 2.29. The molecule has 1 aromatic carbocycles. The first-order valence-electron chi connectivity index (χ1n) is 7.87. The summed E-state index contributed by atoms with van der Waals surface area (Å²) in [6.07, 6.45) is -2.37. The van der Waals surface area contributed by atoms with Gasteiger partial charge in [-0.15, -0.1) is 37.1 Å². The summed E-state index contributed by atoms with van der Waals surface area (Å²) in [6, 6.07) is 9.09. The first-order chi connectivity index (χ1) is 12.4. The van der Waals surface area contributed by atoms with Crippen LogP contribution in [0.25, 0.3) is 0 Å². The Hall–Kier alpha value is -2.24. The Bertz CT molecular complexity index is 757. The smallest absolute Gasteiger partial charge is 0.477 e. The van der Waals surface area contributed by atoms with Gasteiger partial charge in [-0.1, -0.05) is 25.1 Å². The molecule has 2 aromatic rings. The zero-order valence-electron chi connectivity index (χ0n) is 14.5. The largest absolute Gasteiger partial charge is 0.573 e. The summed E-state index contributed by atoms with van der Waals surface area (Å²) in [5.41, 5.74) is 6.55. The van der Waals surface area contributed by atoms with Gasteiger partial charge in [-0.25, -0.2) is 9.98 Å². The summed E-state index contributed by atoms with van der Waals surface area (Å²) in [5, 5.41) is 2.61. The highest BCUT2D eigenvalue weighted by Gasteiger charge is 2.32. The fraction of sp³-hybridized carbons (Fsp3) is 0.294. The van der Waals surface area contributed by atoms with Gasteiger partial charge in [-0.3, -0.25) is 0 Å². The Morgan fingerprint density at radius 3 is 2.67 bits per heavy atom. The van der Waals surface area contributed by atoms with Gasteiger partial charge >= 0.3 is 6.36 Å². The number of anilines is 1. The number of ether oxygens (including phenoxy) is 2. The van der Waals surface area contributed by atoms with Crippen molar-refractivity contribution in [3.8, 4) is 11.6 Å². The number of halogens is 4. The molecule has 0 aliphatic heterocycles. The van der Waals surface area contributed by atoms with Gasteiger partial charge in [-0.2, -0.15) is 0 Å². The lowest BCUT2D eigenvalue weighted by molar-refractivity contribution is -0.274. The minimum atomic E-state index is -4.80. The Kier molecular flexibility index (Phi) is 9.12. The maximum Gasteiger partial charge on any atom is 0.573 e. The molecule has 148 valence electrons. The number of nitrogens with two attached hydrogens (primary N) is 1. The first-order valence-corrected chi connectivity index (χ1v) is 7.87. The van der Waals surface area contributed by atoms with Gasteiger partial charge in [0.05, 0.1) is 18.8 Å². The van der Waals surface area contributed by atoms with Crippen LogP contribution < -0.4 is 20.5 Å². The molecule has 0 bridgehead atoms. The molecule has 1 heterocycles. The lowest BCUT2D eigenvalue weighted by Crippen LogP contribution is -2.24. The lowest BCUT2D eigenvalue weighted by atomic mass is 10.2. The number of aromatic nitrogens is 1. The first kappa shape index (κ1) is 22.8. The predicted octanol–water partition coefficient (Wildman–Crippen LogP) is 4.31. The average Bonchev–Trinajstić information content (AvgIpc) is 2.59. The van der Waals surface area contributed by atoms with Crippen molar-refractivity contribution < 1.29 is 22.6 Å². The fourth-order valence-electron chi connectivity index (χ4n) is 2.00. The van der Waals surface area contributed by atoms with Crippen molar-refractivity contribution >= 4 is 35.6 Å². The van der Waals surface area contributed by atoms with E-state index in [4.69, 9.17) is 10.5 Å². The molecule has 0 amide bonds. The lowest BCUT2D eigenvalue weighted by Gasteiger charge is -2.14. The van der Waals surface area contributed by atoms with Crippen molar-refractivity contribution in [1.29, 1.82) is 0 Å². The SMILES string of the molecule is CCCOc1ncccc1CN=C(N)Nc1ccccc1OC(F)(F)F.I. The molecule has 2 rings (SSSR count). The van der Waals surface area contributed by atoms with Crippen molar-refractivity contribution in [2.75, 3.05) is 11.9 Å². The molecule has 1 aromatic heterocycles. The second-order valence-electron chi connectivity index (χ2n) is 5.19. The summed E-state index contributed by atoms with van der Waals surface area (Å²) in [5.74, 6) is -0.00767. The standard InChI is InChI=1S/C17H19F3N4O2.HI/c1-2-10-25-15-12(6-5-9-22-15)11-23-16(21)24-13-7-3-4-8-14(13)26-17(18,19)20;/h3-9H,2,10-11H2,1H3,(H3,21,23,24);1H. The highest BCUT2D eigenvalue weighted by atomic mass is 127. The maximum atomic E-state index is 12.4.